The molecule has 0 radical (unpaired) electrons. The molecule has 0 aromatic heterocycles. The van der Waals surface area contributed by atoms with Crippen molar-refractivity contribution in [2.24, 2.45) is 0 Å². The van der Waals surface area contributed by atoms with Crippen LogP contribution in [0.4, 0.5) is 5.69 Å². The van der Waals surface area contributed by atoms with Crippen molar-refractivity contribution in [3.05, 3.63) is 54.1 Å². The van der Waals surface area contributed by atoms with E-state index in [1.807, 2.05) is 4.90 Å². The molecule has 7 heteroatoms. The van der Waals surface area contributed by atoms with Gasteiger partial charge in [0.15, 0.2) is 0 Å². The van der Waals surface area contributed by atoms with Crippen LogP contribution in [0.15, 0.2) is 53.4 Å². The normalized spacial score (nSPS) is 14.4. The molecule has 0 spiro atoms. The van der Waals surface area contributed by atoms with Crippen molar-refractivity contribution in [3.8, 4) is 5.75 Å². The summed E-state index contributed by atoms with van der Waals surface area (Å²) in [6, 6.07) is 12.7. The Morgan fingerprint density at radius 3 is 2.40 bits per heavy atom. The highest BCUT2D eigenvalue weighted by Gasteiger charge is 2.20. The number of ether oxygens (including phenoxy) is 1. The van der Waals surface area contributed by atoms with Gasteiger partial charge in [0, 0.05) is 30.4 Å². The molecular weight excluding hydrogens is 340 g/mol. The van der Waals surface area contributed by atoms with Crippen molar-refractivity contribution in [2.45, 2.75) is 17.7 Å². The molecule has 1 aliphatic heterocycles. The first-order valence-electron chi connectivity index (χ1n) is 8.06. The maximum atomic E-state index is 12.5. The zero-order valence-corrected chi connectivity index (χ0v) is 14.8. The third-order valence-electron chi connectivity index (χ3n) is 4.13. The minimum atomic E-state index is -3.72. The van der Waals surface area contributed by atoms with Gasteiger partial charge in [-0.1, -0.05) is 6.07 Å². The molecule has 1 N–H and O–H groups in total. The van der Waals surface area contributed by atoms with Crippen LogP contribution in [0.5, 0.6) is 5.75 Å². The summed E-state index contributed by atoms with van der Waals surface area (Å²) in [4.78, 5) is 14.2. The van der Waals surface area contributed by atoms with Crippen molar-refractivity contribution < 1.29 is 17.9 Å². The standard InChI is InChI=1S/C18H20N2O4S/c1-24-16-5-4-6-17(13-16)25(22,23)19-15-9-7-14(8-10-15)18(21)20-11-2-3-12-20/h4-10,13,19H,2-3,11-12H2,1H3. The van der Waals surface area contributed by atoms with Gasteiger partial charge in [-0.15, -0.1) is 0 Å². The van der Waals surface area contributed by atoms with Crippen LogP contribution in [0.1, 0.15) is 23.2 Å². The number of benzene rings is 2. The Kier molecular flexibility index (Phi) is 4.94. The highest BCUT2D eigenvalue weighted by molar-refractivity contribution is 7.92. The number of methoxy groups -OCH3 is 1. The molecule has 0 unspecified atom stereocenters. The summed E-state index contributed by atoms with van der Waals surface area (Å²) < 4.78 is 32.5. The van der Waals surface area contributed by atoms with Gasteiger partial charge >= 0.3 is 0 Å². The highest BCUT2D eigenvalue weighted by Crippen LogP contribution is 2.21. The number of hydrogen-bond donors (Lipinski definition) is 1. The van der Waals surface area contributed by atoms with Gasteiger partial charge in [-0.3, -0.25) is 9.52 Å². The van der Waals surface area contributed by atoms with Crippen molar-refractivity contribution in [3.63, 3.8) is 0 Å². The second-order valence-electron chi connectivity index (χ2n) is 5.86. The topological polar surface area (TPSA) is 75.7 Å². The Hall–Kier alpha value is -2.54. The molecule has 1 aliphatic rings. The minimum absolute atomic E-state index is 0.0142. The molecule has 3 rings (SSSR count). The van der Waals surface area contributed by atoms with E-state index in [1.54, 1.807) is 36.4 Å². The third-order valence-corrected chi connectivity index (χ3v) is 5.51. The first-order valence-corrected chi connectivity index (χ1v) is 9.54. The lowest BCUT2D eigenvalue weighted by atomic mass is 10.2. The van der Waals surface area contributed by atoms with Crippen LogP contribution in [0.3, 0.4) is 0 Å². The van der Waals surface area contributed by atoms with Crippen LogP contribution in [0.25, 0.3) is 0 Å². The number of nitrogens with one attached hydrogen (secondary N) is 1. The third kappa shape index (κ3) is 3.93. The van der Waals surface area contributed by atoms with Crippen LogP contribution >= 0.6 is 0 Å². The molecule has 2 aromatic carbocycles. The molecule has 0 aliphatic carbocycles. The zero-order valence-electron chi connectivity index (χ0n) is 13.9. The number of rotatable bonds is 5. The van der Waals surface area contributed by atoms with Gasteiger partial charge in [0.2, 0.25) is 0 Å². The maximum absolute atomic E-state index is 12.5. The molecule has 1 heterocycles. The molecule has 0 saturated carbocycles. The fraction of sp³-hybridized carbons (Fsp3) is 0.278. The number of anilines is 1. The van der Waals surface area contributed by atoms with Gasteiger partial charge in [0.25, 0.3) is 15.9 Å². The monoisotopic (exact) mass is 360 g/mol. The van der Waals surface area contributed by atoms with Crippen LogP contribution in [-0.4, -0.2) is 39.4 Å². The number of sulfonamides is 1. The summed E-state index contributed by atoms with van der Waals surface area (Å²) in [6.45, 7) is 1.56. The smallest absolute Gasteiger partial charge is 0.262 e. The molecule has 1 fully saturated rings. The summed E-state index contributed by atoms with van der Waals surface area (Å²) in [5.74, 6) is 0.453. The van der Waals surface area contributed by atoms with Crippen molar-refractivity contribution >= 4 is 21.6 Å². The molecule has 1 saturated heterocycles. The number of likely N-dealkylation sites (tertiary alicyclic amines) is 1. The molecule has 132 valence electrons. The van der Waals surface area contributed by atoms with Crippen LogP contribution < -0.4 is 9.46 Å². The van der Waals surface area contributed by atoms with E-state index in [2.05, 4.69) is 4.72 Å². The number of amides is 1. The summed E-state index contributed by atoms with van der Waals surface area (Å²) in [5.41, 5.74) is 0.965. The number of nitrogens with zero attached hydrogens (tertiary/aromatic N) is 1. The Labute approximate surface area is 147 Å². The van der Waals surface area contributed by atoms with E-state index >= 15 is 0 Å². The van der Waals surface area contributed by atoms with Gasteiger partial charge in [-0.25, -0.2) is 8.42 Å². The Morgan fingerprint density at radius 2 is 1.76 bits per heavy atom. The average Bonchev–Trinajstić information content (AvgIpc) is 3.16. The predicted molar refractivity (Wildman–Crippen MR) is 95.4 cm³/mol. The van der Waals surface area contributed by atoms with Crippen molar-refractivity contribution in [1.82, 2.24) is 4.90 Å². The Bertz CT molecular complexity index is 857. The van der Waals surface area contributed by atoms with Crippen LogP contribution in [0.2, 0.25) is 0 Å². The van der Waals surface area contributed by atoms with E-state index in [-0.39, 0.29) is 10.8 Å². The van der Waals surface area contributed by atoms with Crippen molar-refractivity contribution in [2.75, 3.05) is 24.9 Å². The summed E-state index contributed by atoms with van der Waals surface area (Å²) in [5, 5.41) is 0. The molecular formula is C18H20N2O4S. The van der Waals surface area contributed by atoms with E-state index in [0.717, 1.165) is 25.9 Å². The van der Waals surface area contributed by atoms with E-state index < -0.39 is 10.0 Å². The minimum Gasteiger partial charge on any atom is -0.497 e. The molecule has 1 amide bonds. The number of carbonyl (C=O) groups excluding carboxylic acids is 1. The Balaban J connectivity index is 1.75. The van der Waals surface area contributed by atoms with Crippen molar-refractivity contribution in [1.29, 1.82) is 0 Å². The lowest BCUT2D eigenvalue weighted by Crippen LogP contribution is -2.27. The van der Waals surface area contributed by atoms with E-state index in [1.165, 1.54) is 19.2 Å². The molecule has 0 bridgehead atoms. The van der Waals surface area contributed by atoms with Gasteiger partial charge in [-0.05, 0) is 49.2 Å². The SMILES string of the molecule is COc1cccc(S(=O)(=O)Nc2ccc(C(=O)N3CCCC3)cc2)c1. The van der Waals surface area contributed by atoms with Gasteiger partial charge in [0.1, 0.15) is 5.75 Å². The number of hydrogen-bond acceptors (Lipinski definition) is 4. The zero-order chi connectivity index (χ0) is 17.9. The average molecular weight is 360 g/mol. The fourth-order valence-corrected chi connectivity index (χ4v) is 3.86. The van der Waals surface area contributed by atoms with Gasteiger partial charge in [-0.2, -0.15) is 0 Å². The van der Waals surface area contributed by atoms with Gasteiger partial charge in [0.05, 0.1) is 12.0 Å². The predicted octanol–water partition coefficient (Wildman–Crippen LogP) is 2.73. The second-order valence-corrected chi connectivity index (χ2v) is 7.54. The first kappa shape index (κ1) is 17.3. The van der Waals surface area contributed by atoms with E-state index in [0.29, 0.717) is 17.0 Å². The fourth-order valence-electron chi connectivity index (χ4n) is 2.77. The highest BCUT2D eigenvalue weighted by atomic mass is 32.2. The lowest BCUT2D eigenvalue weighted by molar-refractivity contribution is 0.0793. The first-order chi connectivity index (χ1) is 12.0. The van der Waals surface area contributed by atoms with Crippen LogP contribution in [-0.2, 0) is 10.0 Å². The molecule has 6 nitrogen and oxygen atoms in total. The lowest BCUT2D eigenvalue weighted by Gasteiger charge is -2.15. The second kappa shape index (κ2) is 7.14. The largest absolute Gasteiger partial charge is 0.497 e. The summed E-state index contributed by atoms with van der Waals surface area (Å²) in [6.07, 6.45) is 2.06. The van der Waals surface area contributed by atoms with Crippen LogP contribution in [0, 0.1) is 0 Å². The molecule has 0 atom stereocenters. The van der Waals surface area contributed by atoms with Gasteiger partial charge < -0.3 is 9.64 Å². The van der Waals surface area contributed by atoms with E-state index in [9.17, 15) is 13.2 Å². The Morgan fingerprint density at radius 1 is 1.08 bits per heavy atom. The quantitative estimate of drug-likeness (QED) is 0.890. The molecule has 25 heavy (non-hydrogen) atoms. The van der Waals surface area contributed by atoms with E-state index in [4.69, 9.17) is 4.74 Å². The summed E-state index contributed by atoms with van der Waals surface area (Å²) >= 11 is 0. The molecule has 2 aromatic rings. The number of carbonyl (C=O) groups is 1. The summed E-state index contributed by atoms with van der Waals surface area (Å²) in [7, 11) is -2.24. The maximum Gasteiger partial charge on any atom is 0.262 e.